The van der Waals surface area contributed by atoms with Crippen LogP contribution in [-0.2, 0) is 13.0 Å². The monoisotopic (exact) mass is 409 g/mol. The Hall–Kier alpha value is -2.73. The van der Waals surface area contributed by atoms with Crippen molar-refractivity contribution in [2.24, 2.45) is 5.92 Å². The zero-order chi connectivity index (χ0) is 20.8. The van der Waals surface area contributed by atoms with Crippen molar-refractivity contribution in [1.29, 1.82) is 0 Å². The number of aromatic nitrogens is 2. The second-order valence-electron chi connectivity index (χ2n) is 7.50. The molecule has 0 spiro atoms. The normalized spacial score (nSPS) is 12.0. The van der Waals surface area contributed by atoms with E-state index in [-0.39, 0.29) is 11.9 Å². The molecule has 29 heavy (non-hydrogen) atoms. The van der Waals surface area contributed by atoms with E-state index in [1.807, 2.05) is 56.3 Å². The number of carbonyl (C=O) groups is 1. The maximum Gasteiger partial charge on any atom is 0.263 e. The van der Waals surface area contributed by atoms with Crippen LogP contribution in [0.4, 0.5) is 0 Å². The highest BCUT2D eigenvalue weighted by molar-refractivity contribution is 7.13. The molecule has 0 bridgehead atoms. The lowest BCUT2D eigenvalue weighted by atomic mass is 10.1. The molecule has 2 heterocycles. The number of nitrogens with zero attached hydrogens (tertiary/aromatic N) is 2. The van der Waals surface area contributed by atoms with Gasteiger partial charge in [0.25, 0.3) is 5.91 Å². The van der Waals surface area contributed by atoms with Crippen LogP contribution >= 0.6 is 11.3 Å². The SMILES string of the molecule is Cc1nc(CC(C)C)sc1C(=O)NC(C)c1cccc(OCc2ccccn2)c1. The number of hydrogen-bond acceptors (Lipinski definition) is 5. The van der Waals surface area contributed by atoms with Gasteiger partial charge in [0.15, 0.2) is 0 Å². The molecule has 152 valence electrons. The molecule has 0 aliphatic heterocycles. The third-order valence-corrected chi connectivity index (χ3v) is 5.63. The molecule has 3 rings (SSSR count). The molecule has 1 atom stereocenters. The minimum atomic E-state index is -0.143. The lowest BCUT2D eigenvalue weighted by Crippen LogP contribution is -2.26. The lowest BCUT2D eigenvalue weighted by Gasteiger charge is -2.15. The summed E-state index contributed by atoms with van der Waals surface area (Å²) in [5.41, 5.74) is 2.65. The first-order valence-corrected chi connectivity index (χ1v) is 10.6. The van der Waals surface area contributed by atoms with Gasteiger partial charge in [0.2, 0.25) is 0 Å². The van der Waals surface area contributed by atoms with Crippen molar-refractivity contribution in [2.45, 2.75) is 46.8 Å². The average Bonchev–Trinajstić information content (AvgIpc) is 3.07. The summed E-state index contributed by atoms with van der Waals surface area (Å²) in [6, 6.07) is 13.4. The fourth-order valence-corrected chi connectivity index (χ4v) is 4.14. The van der Waals surface area contributed by atoms with E-state index in [0.717, 1.165) is 34.1 Å². The fraction of sp³-hybridized carbons (Fsp3) is 0.348. The summed E-state index contributed by atoms with van der Waals surface area (Å²) in [6.07, 6.45) is 2.64. The predicted octanol–water partition coefficient (Wildman–Crippen LogP) is 5.12. The molecular formula is C23H27N3O2S. The summed E-state index contributed by atoms with van der Waals surface area (Å²) < 4.78 is 5.85. The van der Waals surface area contributed by atoms with Crippen LogP contribution in [0.2, 0.25) is 0 Å². The van der Waals surface area contributed by atoms with Crippen molar-refractivity contribution in [2.75, 3.05) is 0 Å². The van der Waals surface area contributed by atoms with Gasteiger partial charge in [-0.2, -0.15) is 0 Å². The number of nitrogens with one attached hydrogen (secondary N) is 1. The number of carbonyl (C=O) groups excluding carboxylic acids is 1. The van der Waals surface area contributed by atoms with E-state index in [4.69, 9.17) is 4.74 Å². The summed E-state index contributed by atoms with van der Waals surface area (Å²) in [5, 5.41) is 4.10. The van der Waals surface area contributed by atoms with Gasteiger partial charge in [0, 0.05) is 12.6 Å². The van der Waals surface area contributed by atoms with Gasteiger partial charge in [-0.3, -0.25) is 9.78 Å². The van der Waals surface area contributed by atoms with Crippen molar-refractivity contribution >= 4 is 17.2 Å². The van der Waals surface area contributed by atoms with Crippen LogP contribution < -0.4 is 10.1 Å². The molecule has 0 saturated heterocycles. The number of rotatable bonds is 8. The summed E-state index contributed by atoms with van der Waals surface area (Å²) >= 11 is 1.49. The highest BCUT2D eigenvalue weighted by Crippen LogP contribution is 2.23. The van der Waals surface area contributed by atoms with Gasteiger partial charge in [-0.25, -0.2) is 4.98 Å². The third kappa shape index (κ3) is 5.87. The zero-order valence-electron chi connectivity index (χ0n) is 17.3. The Balaban J connectivity index is 1.63. The first kappa shape index (κ1) is 21.0. The zero-order valence-corrected chi connectivity index (χ0v) is 18.1. The quantitative estimate of drug-likeness (QED) is 0.561. The van der Waals surface area contributed by atoms with Gasteiger partial charge in [0.05, 0.1) is 22.4 Å². The smallest absolute Gasteiger partial charge is 0.263 e. The lowest BCUT2D eigenvalue weighted by molar-refractivity contribution is 0.0943. The number of pyridine rings is 1. The van der Waals surface area contributed by atoms with Crippen molar-refractivity contribution in [3.63, 3.8) is 0 Å². The van der Waals surface area contributed by atoms with Crippen LogP contribution in [-0.4, -0.2) is 15.9 Å². The largest absolute Gasteiger partial charge is 0.487 e. The van der Waals surface area contributed by atoms with Gasteiger partial charge in [-0.1, -0.05) is 32.0 Å². The maximum atomic E-state index is 12.8. The molecule has 1 unspecified atom stereocenters. The average molecular weight is 410 g/mol. The summed E-state index contributed by atoms with van der Waals surface area (Å²) in [7, 11) is 0. The van der Waals surface area contributed by atoms with Crippen LogP contribution in [0.1, 0.15) is 58.4 Å². The van der Waals surface area contributed by atoms with E-state index < -0.39 is 0 Å². The minimum absolute atomic E-state index is 0.0812. The van der Waals surface area contributed by atoms with E-state index in [1.54, 1.807) is 6.20 Å². The molecule has 1 amide bonds. The standard InChI is InChI=1S/C23H27N3O2S/c1-15(2)12-21-25-17(4)22(29-21)23(27)26-16(3)18-8-7-10-20(13-18)28-14-19-9-5-6-11-24-19/h5-11,13,15-16H,12,14H2,1-4H3,(H,26,27). The second-order valence-corrected chi connectivity index (χ2v) is 8.58. The molecule has 0 aliphatic carbocycles. The summed E-state index contributed by atoms with van der Waals surface area (Å²) in [4.78, 5) is 22.3. The van der Waals surface area contributed by atoms with Crippen LogP contribution in [0.15, 0.2) is 48.7 Å². The topological polar surface area (TPSA) is 64.1 Å². The molecule has 0 saturated carbocycles. The Morgan fingerprint density at radius 2 is 2.00 bits per heavy atom. The first-order valence-electron chi connectivity index (χ1n) is 9.82. The molecule has 1 N–H and O–H groups in total. The van der Waals surface area contributed by atoms with Gasteiger partial charge >= 0.3 is 0 Å². The Bertz CT molecular complexity index is 954. The summed E-state index contributed by atoms with van der Waals surface area (Å²) in [5.74, 6) is 1.19. The van der Waals surface area contributed by atoms with Crippen LogP contribution in [0.3, 0.4) is 0 Å². The molecule has 2 aromatic heterocycles. The maximum absolute atomic E-state index is 12.8. The number of hydrogen-bond donors (Lipinski definition) is 1. The Labute approximate surface area is 176 Å². The van der Waals surface area contributed by atoms with Crippen LogP contribution in [0, 0.1) is 12.8 Å². The highest BCUT2D eigenvalue weighted by atomic mass is 32.1. The van der Waals surface area contributed by atoms with Gasteiger partial charge in [-0.05, 0) is 49.6 Å². The Morgan fingerprint density at radius 1 is 1.17 bits per heavy atom. The molecule has 0 fully saturated rings. The molecule has 3 aromatic rings. The number of ether oxygens (including phenoxy) is 1. The van der Waals surface area contributed by atoms with E-state index in [0.29, 0.717) is 17.4 Å². The Kier molecular flexibility index (Phi) is 6.99. The first-order chi connectivity index (χ1) is 13.9. The van der Waals surface area contributed by atoms with Crippen molar-refractivity contribution < 1.29 is 9.53 Å². The third-order valence-electron chi connectivity index (χ3n) is 4.45. The van der Waals surface area contributed by atoms with Gasteiger partial charge < -0.3 is 10.1 Å². The van der Waals surface area contributed by atoms with Crippen LogP contribution in [0.25, 0.3) is 0 Å². The number of aryl methyl sites for hydroxylation is 1. The van der Waals surface area contributed by atoms with Crippen molar-refractivity contribution in [3.05, 3.63) is 75.5 Å². The Morgan fingerprint density at radius 3 is 2.72 bits per heavy atom. The number of thiazole rings is 1. The van der Waals surface area contributed by atoms with Crippen molar-refractivity contribution in [3.8, 4) is 5.75 Å². The molecule has 5 nitrogen and oxygen atoms in total. The van der Waals surface area contributed by atoms with E-state index in [9.17, 15) is 4.79 Å². The highest BCUT2D eigenvalue weighted by Gasteiger charge is 2.18. The predicted molar refractivity (Wildman–Crippen MR) is 116 cm³/mol. The van der Waals surface area contributed by atoms with Gasteiger partial charge in [-0.15, -0.1) is 11.3 Å². The summed E-state index contributed by atoms with van der Waals surface area (Å²) in [6.45, 7) is 8.58. The molecule has 0 radical (unpaired) electrons. The fourth-order valence-electron chi connectivity index (χ4n) is 2.96. The van der Waals surface area contributed by atoms with E-state index in [2.05, 4.69) is 29.1 Å². The molecule has 6 heteroatoms. The number of benzene rings is 1. The molecule has 1 aromatic carbocycles. The van der Waals surface area contributed by atoms with E-state index in [1.165, 1.54) is 11.3 Å². The van der Waals surface area contributed by atoms with Crippen LogP contribution in [0.5, 0.6) is 5.75 Å². The minimum Gasteiger partial charge on any atom is -0.487 e. The second kappa shape index (κ2) is 9.65. The van der Waals surface area contributed by atoms with E-state index >= 15 is 0 Å². The molecular weight excluding hydrogens is 382 g/mol. The van der Waals surface area contributed by atoms with Gasteiger partial charge in [0.1, 0.15) is 17.2 Å². The number of amides is 1. The van der Waals surface area contributed by atoms with Crippen molar-refractivity contribution in [1.82, 2.24) is 15.3 Å². The molecule has 0 aliphatic rings.